The standard InChI is InChI=1S/C17H17F2NO4/c1-10-7-13(11(2)24-10)17(23)20(6-5-16(21)22)9-12-3-4-14(18)15(19)8-12/h3-4,7-8H,5-6,9H2,1-2H3,(H,21,22). The lowest BCUT2D eigenvalue weighted by molar-refractivity contribution is -0.137. The largest absolute Gasteiger partial charge is 0.481 e. The first kappa shape index (κ1) is 17.7. The molecule has 2 aromatic rings. The lowest BCUT2D eigenvalue weighted by Crippen LogP contribution is -2.32. The monoisotopic (exact) mass is 337 g/mol. The van der Waals surface area contributed by atoms with Crippen LogP contribution in [0, 0.1) is 25.5 Å². The third kappa shape index (κ3) is 4.18. The molecule has 0 spiro atoms. The van der Waals surface area contributed by atoms with E-state index in [9.17, 15) is 18.4 Å². The quantitative estimate of drug-likeness (QED) is 0.878. The summed E-state index contributed by atoms with van der Waals surface area (Å²) in [7, 11) is 0. The molecule has 0 fully saturated rings. The van der Waals surface area contributed by atoms with Crippen molar-refractivity contribution in [1.82, 2.24) is 4.90 Å². The van der Waals surface area contributed by atoms with Gasteiger partial charge in [-0.15, -0.1) is 0 Å². The van der Waals surface area contributed by atoms with Crippen LogP contribution < -0.4 is 0 Å². The molecule has 7 heteroatoms. The van der Waals surface area contributed by atoms with Gasteiger partial charge in [0.05, 0.1) is 12.0 Å². The summed E-state index contributed by atoms with van der Waals surface area (Å²) in [6, 6.07) is 4.88. The molecule has 128 valence electrons. The molecule has 0 bridgehead atoms. The molecular weight excluding hydrogens is 320 g/mol. The number of carbonyl (C=O) groups is 2. The Balaban J connectivity index is 2.26. The molecule has 1 N–H and O–H groups in total. The van der Waals surface area contributed by atoms with Crippen molar-refractivity contribution >= 4 is 11.9 Å². The van der Waals surface area contributed by atoms with E-state index in [1.165, 1.54) is 11.0 Å². The average molecular weight is 337 g/mol. The summed E-state index contributed by atoms with van der Waals surface area (Å²) in [4.78, 5) is 24.7. The first-order valence-corrected chi connectivity index (χ1v) is 7.30. The second kappa shape index (κ2) is 7.25. The number of furan rings is 1. The van der Waals surface area contributed by atoms with Gasteiger partial charge >= 0.3 is 5.97 Å². The SMILES string of the molecule is Cc1cc(C(=O)N(CCC(=O)O)Cc2ccc(F)c(F)c2)c(C)o1. The van der Waals surface area contributed by atoms with Crippen molar-refractivity contribution in [3.8, 4) is 0 Å². The predicted octanol–water partition coefficient (Wildman–Crippen LogP) is 3.29. The van der Waals surface area contributed by atoms with E-state index in [0.29, 0.717) is 22.6 Å². The van der Waals surface area contributed by atoms with Gasteiger partial charge in [0, 0.05) is 13.1 Å². The third-order valence-corrected chi connectivity index (χ3v) is 3.51. The molecule has 0 saturated heterocycles. The molecular formula is C17H17F2NO4. The van der Waals surface area contributed by atoms with Crippen molar-refractivity contribution in [2.24, 2.45) is 0 Å². The van der Waals surface area contributed by atoms with Crippen molar-refractivity contribution in [1.29, 1.82) is 0 Å². The Morgan fingerprint density at radius 1 is 1.17 bits per heavy atom. The molecule has 5 nitrogen and oxygen atoms in total. The number of carboxylic acids is 1. The number of hydrogen-bond donors (Lipinski definition) is 1. The van der Waals surface area contributed by atoms with E-state index in [4.69, 9.17) is 9.52 Å². The number of rotatable bonds is 6. The maximum atomic E-state index is 13.3. The minimum atomic E-state index is -1.06. The number of carboxylic acid groups (broad SMARTS) is 1. The van der Waals surface area contributed by atoms with E-state index >= 15 is 0 Å². The van der Waals surface area contributed by atoms with Gasteiger partial charge in [0.1, 0.15) is 11.5 Å². The van der Waals surface area contributed by atoms with Gasteiger partial charge in [-0.05, 0) is 37.6 Å². The van der Waals surface area contributed by atoms with Gasteiger partial charge in [-0.3, -0.25) is 9.59 Å². The van der Waals surface area contributed by atoms with Gasteiger partial charge < -0.3 is 14.4 Å². The molecule has 2 rings (SSSR count). The number of aryl methyl sites for hydroxylation is 2. The molecule has 0 aliphatic carbocycles. The van der Waals surface area contributed by atoms with Gasteiger partial charge in [-0.1, -0.05) is 6.07 Å². The summed E-state index contributed by atoms with van der Waals surface area (Å²) in [5.41, 5.74) is 0.686. The smallest absolute Gasteiger partial charge is 0.305 e. The zero-order valence-electron chi connectivity index (χ0n) is 13.3. The van der Waals surface area contributed by atoms with Crippen LogP contribution in [-0.4, -0.2) is 28.4 Å². The minimum absolute atomic E-state index is 0.0347. The van der Waals surface area contributed by atoms with Crippen molar-refractivity contribution < 1.29 is 27.9 Å². The van der Waals surface area contributed by atoms with Crippen LogP contribution in [0.4, 0.5) is 8.78 Å². The third-order valence-electron chi connectivity index (χ3n) is 3.51. The molecule has 1 aromatic carbocycles. The van der Waals surface area contributed by atoms with Crippen LogP contribution in [0.25, 0.3) is 0 Å². The van der Waals surface area contributed by atoms with E-state index in [1.807, 2.05) is 0 Å². The summed E-state index contributed by atoms with van der Waals surface area (Å²) in [5.74, 6) is -2.50. The summed E-state index contributed by atoms with van der Waals surface area (Å²) < 4.78 is 31.7. The van der Waals surface area contributed by atoms with Crippen LogP contribution >= 0.6 is 0 Å². The average Bonchev–Trinajstić information content (AvgIpc) is 2.85. The van der Waals surface area contributed by atoms with Gasteiger partial charge in [-0.25, -0.2) is 8.78 Å². The number of benzene rings is 1. The highest BCUT2D eigenvalue weighted by Crippen LogP contribution is 2.18. The summed E-state index contributed by atoms with van der Waals surface area (Å²) in [5, 5.41) is 8.85. The van der Waals surface area contributed by atoms with Crippen LogP contribution in [0.2, 0.25) is 0 Å². The maximum Gasteiger partial charge on any atom is 0.305 e. The van der Waals surface area contributed by atoms with E-state index in [-0.39, 0.29) is 19.5 Å². The van der Waals surface area contributed by atoms with Gasteiger partial charge in [0.2, 0.25) is 0 Å². The van der Waals surface area contributed by atoms with Crippen LogP contribution in [-0.2, 0) is 11.3 Å². The van der Waals surface area contributed by atoms with E-state index in [1.54, 1.807) is 19.9 Å². The molecule has 0 radical (unpaired) electrons. The van der Waals surface area contributed by atoms with E-state index in [2.05, 4.69) is 0 Å². The molecule has 0 aliphatic rings. The van der Waals surface area contributed by atoms with Crippen molar-refractivity contribution in [3.05, 3.63) is 58.5 Å². The Kier molecular flexibility index (Phi) is 5.33. The van der Waals surface area contributed by atoms with Gasteiger partial charge in [0.15, 0.2) is 11.6 Å². The molecule has 1 aromatic heterocycles. The topological polar surface area (TPSA) is 70.8 Å². The van der Waals surface area contributed by atoms with E-state index in [0.717, 1.165) is 12.1 Å². The molecule has 1 amide bonds. The van der Waals surface area contributed by atoms with Crippen LogP contribution in [0.3, 0.4) is 0 Å². The predicted molar refractivity (Wildman–Crippen MR) is 81.5 cm³/mol. The Bertz CT molecular complexity index is 770. The Morgan fingerprint density at radius 2 is 1.88 bits per heavy atom. The molecule has 0 aliphatic heterocycles. The van der Waals surface area contributed by atoms with Gasteiger partial charge in [0.25, 0.3) is 5.91 Å². The highest BCUT2D eigenvalue weighted by Gasteiger charge is 2.21. The Morgan fingerprint density at radius 3 is 2.42 bits per heavy atom. The number of aliphatic carboxylic acids is 1. The second-order valence-electron chi connectivity index (χ2n) is 5.45. The fraction of sp³-hybridized carbons (Fsp3) is 0.294. The fourth-order valence-corrected chi connectivity index (χ4v) is 2.35. The highest BCUT2D eigenvalue weighted by molar-refractivity contribution is 5.95. The van der Waals surface area contributed by atoms with Crippen molar-refractivity contribution in [2.75, 3.05) is 6.54 Å². The number of amides is 1. The maximum absolute atomic E-state index is 13.3. The fourth-order valence-electron chi connectivity index (χ4n) is 2.35. The van der Waals surface area contributed by atoms with Crippen molar-refractivity contribution in [2.45, 2.75) is 26.8 Å². The van der Waals surface area contributed by atoms with Crippen LogP contribution in [0.1, 0.15) is 33.9 Å². The molecule has 24 heavy (non-hydrogen) atoms. The van der Waals surface area contributed by atoms with Gasteiger partial charge in [-0.2, -0.15) is 0 Å². The van der Waals surface area contributed by atoms with Crippen LogP contribution in [0.15, 0.2) is 28.7 Å². The Hall–Kier alpha value is -2.70. The number of carbonyl (C=O) groups excluding carboxylic acids is 1. The summed E-state index contributed by atoms with van der Waals surface area (Å²) >= 11 is 0. The van der Waals surface area contributed by atoms with Crippen LogP contribution in [0.5, 0.6) is 0 Å². The molecule has 0 unspecified atom stereocenters. The zero-order valence-corrected chi connectivity index (χ0v) is 13.3. The lowest BCUT2D eigenvalue weighted by atomic mass is 10.1. The molecule has 1 heterocycles. The molecule has 0 saturated carbocycles. The Labute approximate surface area is 137 Å². The van der Waals surface area contributed by atoms with E-state index < -0.39 is 23.5 Å². The van der Waals surface area contributed by atoms with Crippen molar-refractivity contribution in [3.63, 3.8) is 0 Å². The molecule has 0 atom stereocenters. The highest BCUT2D eigenvalue weighted by atomic mass is 19.2. The zero-order chi connectivity index (χ0) is 17.9. The first-order chi connectivity index (χ1) is 11.3. The summed E-state index contributed by atoms with van der Waals surface area (Å²) in [6.07, 6.45) is -0.259. The number of hydrogen-bond acceptors (Lipinski definition) is 3. The number of halogens is 2. The summed E-state index contributed by atoms with van der Waals surface area (Å²) in [6.45, 7) is 3.23. The second-order valence-corrected chi connectivity index (χ2v) is 5.45. The number of nitrogens with zero attached hydrogens (tertiary/aromatic N) is 1. The normalized spacial score (nSPS) is 10.7. The first-order valence-electron chi connectivity index (χ1n) is 7.30. The lowest BCUT2D eigenvalue weighted by Gasteiger charge is -2.22. The minimum Gasteiger partial charge on any atom is -0.481 e.